The van der Waals surface area contributed by atoms with Crippen LogP contribution in [0.2, 0.25) is 0 Å². The average Bonchev–Trinajstić information content (AvgIpc) is 2.56. The Morgan fingerprint density at radius 1 is 1.04 bits per heavy atom. The Hall–Kier alpha value is -1.46. The molecule has 0 aromatic rings. The van der Waals surface area contributed by atoms with Crippen molar-refractivity contribution in [2.75, 3.05) is 17.8 Å². The first-order chi connectivity index (χ1) is 11.6. The van der Waals surface area contributed by atoms with Crippen LogP contribution < -0.4 is 21.7 Å². The van der Waals surface area contributed by atoms with E-state index in [0.717, 1.165) is 0 Å². The fourth-order valence-electron chi connectivity index (χ4n) is 1.66. The molecule has 0 saturated carbocycles. The first kappa shape index (κ1) is 23.5. The molecule has 0 fully saturated rings. The minimum atomic E-state index is -1.14. The van der Waals surface area contributed by atoms with Gasteiger partial charge in [0.2, 0.25) is 17.7 Å². The maximum atomic E-state index is 12.0. The molecule has 0 aromatic heterocycles. The molecule has 3 amide bonds. The van der Waals surface area contributed by atoms with Gasteiger partial charge in [0.05, 0.1) is 6.04 Å². The van der Waals surface area contributed by atoms with Gasteiger partial charge in [-0.15, -0.1) is 0 Å². The minimum Gasteiger partial charge on any atom is -0.480 e. The molecule has 25 heavy (non-hydrogen) atoms. The Morgan fingerprint density at radius 3 is 1.96 bits per heavy atom. The SMILES string of the molecule is CSCCC(NC(=O)C(C)NC(=O)C(C)NC(=O)C(N)CS)C(=O)O. The predicted molar refractivity (Wildman–Crippen MR) is 99.6 cm³/mol. The maximum absolute atomic E-state index is 12.0. The second-order valence-electron chi connectivity index (χ2n) is 5.43. The van der Waals surface area contributed by atoms with Crippen molar-refractivity contribution in [1.29, 1.82) is 0 Å². The van der Waals surface area contributed by atoms with E-state index in [1.165, 1.54) is 25.6 Å². The summed E-state index contributed by atoms with van der Waals surface area (Å²) < 4.78 is 0. The van der Waals surface area contributed by atoms with Crippen LogP contribution in [0.25, 0.3) is 0 Å². The van der Waals surface area contributed by atoms with Crippen LogP contribution in [0.3, 0.4) is 0 Å². The zero-order chi connectivity index (χ0) is 19.6. The summed E-state index contributed by atoms with van der Waals surface area (Å²) >= 11 is 5.36. The lowest BCUT2D eigenvalue weighted by molar-refractivity contribution is -0.142. The van der Waals surface area contributed by atoms with Gasteiger partial charge in [0, 0.05) is 5.75 Å². The lowest BCUT2D eigenvalue weighted by Gasteiger charge is -2.21. The lowest BCUT2D eigenvalue weighted by atomic mass is 10.2. The van der Waals surface area contributed by atoms with Crippen molar-refractivity contribution in [3.8, 4) is 0 Å². The summed E-state index contributed by atoms with van der Waals surface area (Å²) in [6.07, 6.45) is 2.11. The summed E-state index contributed by atoms with van der Waals surface area (Å²) in [6, 6.07) is -3.72. The molecule has 4 unspecified atom stereocenters. The summed E-state index contributed by atoms with van der Waals surface area (Å²) in [5.74, 6) is -2.16. The smallest absolute Gasteiger partial charge is 0.326 e. The van der Waals surface area contributed by atoms with Crippen LogP contribution in [0.5, 0.6) is 0 Å². The Bertz CT molecular complexity index is 492. The number of thioether (sulfide) groups is 1. The molecular formula is C14H26N4O5S2. The van der Waals surface area contributed by atoms with E-state index in [-0.39, 0.29) is 12.2 Å². The van der Waals surface area contributed by atoms with Crippen molar-refractivity contribution >= 4 is 48.1 Å². The van der Waals surface area contributed by atoms with Crippen molar-refractivity contribution in [2.45, 2.75) is 44.4 Å². The molecule has 0 heterocycles. The number of carboxylic acid groups (broad SMARTS) is 1. The summed E-state index contributed by atoms with van der Waals surface area (Å²) in [7, 11) is 0. The van der Waals surface area contributed by atoms with Crippen molar-refractivity contribution in [2.24, 2.45) is 5.73 Å². The van der Waals surface area contributed by atoms with E-state index in [1.54, 1.807) is 0 Å². The summed E-state index contributed by atoms with van der Waals surface area (Å²) in [5, 5.41) is 16.3. The monoisotopic (exact) mass is 394 g/mol. The molecule has 0 aliphatic rings. The molecule has 11 heteroatoms. The van der Waals surface area contributed by atoms with Gasteiger partial charge in [-0.25, -0.2) is 4.79 Å². The Morgan fingerprint density at radius 2 is 1.52 bits per heavy atom. The van der Waals surface area contributed by atoms with Gasteiger partial charge in [0.15, 0.2) is 0 Å². The second-order valence-corrected chi connectivity index (χ2v) is 6.78. The number of hydrogen-bond acceptors (Lipinski definition) is 7. The molecule has 0 aliphatic heterocycles. The predicted octanol–water partition coefficient (Wildman–Crippen LogP) is -1.42. The molecular weight excluding hydrogens is 368 g/mol. The van der Waals surface area contributed by atoms with Gasteiger partial charge < -0.3 is 26.8 Å². The molecule has 6 N–H and O–H groups in total. The molecule has 0 aliphatic carbocycles. The quantitative estimate of drug-likeness (QED) is 0.235. The molecule has 0 rings (SSSR count). The van der Waals surface area contributed by atoms with E-state index in [9.17, 15) is 19.2 Å². The second kappa shape index (κ2) is 12.0. The van der Waals surface area contributed by atoms with Gasteiger partial charge in [-0.3, -0.25) is 14.4 Å². The number of thiol groups is 1. The zero-order valence-corrected chi connectivity index (χ0v) is 16.2. The molecule has 4 atom stereocenters. The van der Waals surface area contributed by atoms with Crippen LogP contribution in [0, 0.1) is 0 Å². The van der Waals surface area contributed by atoms with Gasteiger partial charge in [-0.2, -0.15) is 24.4 Å². The van der Waals surface area contributed by atoms with Crippen LogP contribution in [0.15, 0.2) is 0 Å². The third-order valence-electron chi connectivity index (χ3n) is 3.26. The van der Waals surface area contributed by atoms with Crippen molar-refractivity contribution in [3.05, 3.63) is 0 Å². The lowest BCUT2D eigenvalue weighted by Crippen LogP contribution is -2.55. The van der Waals surface area contributed by atoms with Crippen LogP contribution in [0.4, 0.5) is 0 Å². The number of nitrogens with two attached hydrogens (primary N) is 1. The number of carboxylic acids is 1. The number of hydrogen-bond donors (Lipinski definition) is 6. The van der Waals surface area contributed by atoms with E-state index in [0.29, 0.717) is 5.75 Å². The van der Waals surface area contributed by atoms with Gasteiger partial charge in [0.25, 0.3) is 0 Å². The third kappa shape index (κ3) is 8.98. The minimum absolute atomic E-state index is 0.131. The molecule has 0 aromatic carbocycles. The third-order valence-corrected chi connectivity index (χ3v) is 4.30. The van der Waals surface area contributed by atoms with E-state index in [4.69, 9.17) is 10.8 Å². The van der Waals surface area contributed by atoms with Crippen LogP contribution >= 0.6 is 24.4 Å². The normalized spacial score (nSPS) is 15.4. The molecule has 9 nitrogen and oxygen atoms in total. The molecule has 144 valence electrons. The van der Waals surface area contributed by atoms with Crippen LogP contribution in [-0.4, -0.2) is 70.7 Å². The zero-order valence-electron chi connectivity index (χ0n) is 14.4. The van der Waals surface area contributed by atoms with Crippen LogP contribution in [0.1, 0.15) is 20.3 Å². The number of aliphatic carboxylic acids is 1. The first-order valence-electron chi connectivity index (χ1n) is 7.63. The van der Waals surface area contributed by atoms with Gasteiger partial charge in [-0.05, 0) is 32.3 Å². The fraction of sp³-hybridized carbons (Fsp3) is 0.714. The Kier molecular flexibility index (Phi) is 11.3. The number of nitrogens with one attached hydrogen (secondary N) is 3. The van der Waals surface area contributed by atoms with Gasteiger partial charge in [-0.1, -0.05) is 0 Å². The first-order valence-corrected chi connectivity index (χ1v) is 9.65. The fourth-order valence-corrected chi connectivity index (χ4v) is 2.30. The number of rotatable bonds is 11. The number of amides is 3. The van der Waals surface area contributed by atoms with Crippen molar-refractivity contribution in [1.82, 2.24) is 16.0 Å². The summed E-state index contributed by atoms with van der Waals surface area (Å²) in [5.41, 5.74) is 5.50. The highest BCUT2D eigenvalue weighted by molar-refractivity contribution is 7.98. The Labute approximate surface area is 156 Å². The van der Waals surface area contributed by atoms with E-state index in [1.807, 2.05) is 6.26 Å². The Balaban J connectivity index is 4.56. The molecule has 0 spiro atoms. The van der Waals surface area contributed by atoms with E-state index in [2.05, 4.69) is 28.6 Å². The van der Waals surface area contributed by atoms with Crippen molar-refractivity contribution in [3.63, 3.8) is 0 Å². The highest BCUT2D eigenvalue weighted by Gasteiger charge is 2.25. The summed E-state index contributed by atoms with van der Waals surface area (Å²) in [6.45, 7) is 2.87. The van der Waals surface area contributed by atoms with E-state index < -0.39 is 47.9 Å². The topological polar surface area (TPSA) is 151 Å². The van der Waals surface area contributed by atoms with Gasteiger partial charge in [0.1, 0.15) is 18.1 Å². The van der Waals surface area contributed by atoms with Gasteiger partial charge >= 0.3 is 5.97 Å². The average molecular weight is 395 g/mol. The standard InChI is InChI=1S/C14H26N4O5S2/c1-7(17-13(21)9(15)6-24)11(19)16-8(2)12(20)18-10(14(22)23)4-5-25-3/h7-10,24H,4-6,15H2,1-3H3,(H,16,19)(H,17,21)(H,18,20)(H,22,23). The number of carbonyl (C=O) groups is 4. The maximum Gasteiger partial charge on any atom is 0.326 e. The highest BCUT2D eigenvalue weighted by atomic mass is 32.2. The van der Waals surface area contributed by atoms with E-state index >= 15 is 0 Å². The molecule has 0 bridgehead atoms. The van der Waals surface area contributed by atoms with Crippen molar-refractivity contribution < 1.29 is 24.3 Å². The highest BCUT2D eigenvalue weighted by Crippen LogP contribution is 2.01. The molecule has 0 radical (unpaired) electrons. The largest absolute Gasteiger partial charge is 0.480 e. The summed E-state index contributed by atoms with van der Waals surface area (Å²) in [4.78, 5) is 46.8. The number of carbonyl (C=O) groups excluding carboxylic acids is 3. The molecule has 0 saturated heterocycles. The van der Waals surface area contributed by atoms with Crippen LogP contribution in [-0.2, 0) is 19.2 Å².